The Bertz CT molecular complexity index is 1640. The third kappa shape index (κ3) is 8.33. The molecule has 2 amide bonds. The minimum Gasteiger partial charge on any atom is -0.459 e. The number of esters is 1. The summed E-state index contributed by atoms with van der Waals surface area (Å²) in [5, 5.41) is 6.50. The second-order valence-corrected chi connectivity index (χ2v) is 10.2. The van der Waals surface area contributed by atoms with Gasteiger partial charge in [0.2, 0.25) is 5.91 Å². The van der Waals surface area contributed by atoms with Crippen molar-refractivity contribution in [1.82, 2.24) is 15.6 Å². The largest absolute Gasteiger partial charge is 0.459 e. The molecule has 3 N–H and O–H groups in total. The molecule has 5 aromatic rings. The van der Waals surface area contributed by atoms with E-state index in [-0.39, 0.29) is 26.1 Å². The number of H-pyrrole nitrogens is 1. The van der Waals surface area contributed by atoms with E-state index in [1.165, 1.54) is 0 Å². The van der Waals surface area contributed by atoms with Crippen molar-refractivity contribution in [1.29, 1.82) is 0 Å². The molecule has 1 heterocycles. The number of aromatic nitrogens is 1. The van der Waals surface area contributed by atoms with Gasteiger partial charge in [-0.05, 0) is 28.3 Å². The van der Waals surface area contributed by atoms with Crippen LogP contribution in [0, 0.1) is 0 Å². The van der Waals surface area contributed by atoms with Crippen LogP contribution in [0.4, 0.5) is 4.79 Å². The number of para-hydroxylation sites is 1. The molecule has 0 saturated heterocycles. The normalized spacial score (nSPS) is 12.2. The van der Waals surface area contributed by atoms with Crippen molar-refractivity contribution in [3.05, 3.63) is 144 Å². The second kappa shape index (κ2) is 14.5. The predicted octanol–water partition coefficient (Wildman–Crippen LogP) is 5.48. The highest BCUT2D eigenvalue weighted by Crippen LogP contribution is 2.19. The van der Waals surface area contributed by atoms with Crippen LogP contribution in [-0.4, -0.2) is 35.0 Å². The predicted molar refractivity (Wildman–Crippen MR) is 164 cm³/mol. The summed E-state index contributed by atoms with van der Waals surface area (Å²) in [4.78, 5) is 43.2. The Kier molecular flexibility index (Phi) is 9.82. The van der Waals surface area contributed by atoms with Gasteiger partial charge in [-0.2, -0.15) is 0 Å². The van der Waals surface area contributed by atoms with Crippen LogP contribution in [0.1, 0.15) is 22.3 Å². The van der Waals surface area contributed by atoms with Crippen molar-refractivity contribution >= 4 is 28.9 Å². The minimum absolute atomic E-state index is 0.0521. The summed E-state index contributed by atoms with van der Waals surface area (Å²) in [5.41, 5.74) is 4.26. The number of carbonyl (C=O) groups is 3. The molecule has 0 unspecified atom stereocenters. The van der Waals surface area contributed by atoms with Crippen LogP contribution in [0.3, 0.4) is 0 Å². The fraction of sp³-hybridized carbons (Fsp3) is 0.171. The molecular formula is C35H33N3O5. The molecule has 1 aromatic heterocycles. The molecule has 2 atom stereocenters. The van der Waals surface area contributed by atoms with Gasteiger partial charge in [-0.15, -0.1) is 0 Å². The quantitative estimate of drug-likeness (QED) is 0.171. The Labute approximate surface area is 250 Å². The number of carbonyl (C=O) groups excluding carboxylic acids is 3. The molecule has 0 spiro atoms. The summed E-state index contributed by atoms with van der Waals surface area (Å²) in [7, 11) is 0. The van der Waals surface area contributed by atoms with Crippen molar-refractivity contribution in [3.63, 3.8) is 0 Å². The minimum atomic E-state index is -1.03. The molecule has 8 nitrogen and oxygen atoms in total. The number of benzene rings is 4. The molecule has 0 aliphatic rings. The molecule has 0 saturated carbocycles. The van der Waals surface area contributed by atoms with E-state index in [1.54, 1.807) is 0 Å². The maximum atomic E-state index is 13.8. The summed E-state index contributed by atoms with van der Waals surface area (Å²) < 4.78 is 11.0. The first-order chi connectivity index (χ1) is 21.0. The van der Waals surface area contributed by atoms with Gasteiger partial charge in [0, 0.05) is 29.9 Å². The van der Waals surface area contributed by atoms with E-state index in [1.807, 2.05) is 121 Å². The maximum absolute atomic E-state index is 13.8. The number of nitrogens with one attached hydrogen (secondary N) is 3. The van der Waals surface area contributed by atoms with Gasteiger partial charge in [0.05, 0.1) is 0 Å². The van der Waals surface area contributed by atoms with Crippen LogP contribution in [0.15, 0.2) is 121 Å². The molecule has 4 aromatic carbocycles. The summed E-state index contributed by atoms with van der Waals surface area (Å²) in [6, 6.07) is 33.7. The number of hydrogen-bond acceptors (Lipinski definition) is 5. The fourth-order valence-corrected chi connectivity index (χ4v) is 4.78. The number of rotatable bonds is 12. The zero-order chi connectivity index (χ0) is 29.9. The Morgan fingerprint density at radius 1 is 0.605 bits per heavy atom. The number of hydrogen-bond donors (Lipinski definition) is 3. The highest BCUT2D eigenvalue weighted by atomic mass is 16.5. The SMILES string of the molecule is O=C(N[C@@H](Cc1c[nH]c2ccccc12)C(=O)N[C@@H](Cc1ccccc1)C(=O)OCc1ccccc1)OCc1ccccc1. The van der Waals surface area contributed by atoms with Crippen molar-refractivity contribution in [2.75, 3.05) is 0 Å². The van der Waals surface area contributed by atoms with E-state index in [0.717, 1.165) is 33.2 Å². The molecule has 5 rings (SSSR count). The second-order valence-electron chi connectivity index (χ2n) is 10.2. The van der Waals surface area contributed by atoms with E-state index in [2.05, 4.69) is 15.6 Å². The highest BCUT2D eigenvalue weighted by Gasteiger charge is 2.29. The average molecular weight is 576 g/mol. The standard InChI is InChI=1S/C35H33N3O5/c39-33(37-32(20-25-12-4-1-5-13-25)34(40)42-23-26-14-6-2-7-15-26)31(21-28-22-36-30-19-11-10-18-29(28)30)38-35(41)43-24-27-16-8-3-9-17-27/h1-19,22,31-32,36H,20-21,23-24H2,(H,37,39)(H,38,41)/t31-,32-/m0/s1. The maximum Gasteiger partial charge on any atom is 0.408 e. The first kappa shape index (κ1) is 29.1. The first-order valence-corrected chi connectivity index (χ1v) is 14.1. The molecule has 43 heavy (non-hydrogen) atoms. The number of amides is 2. The van der Waals surface area contributed by atoms with Crippen LogP contribution >= 0.6 is 0 Å². The van der Waals surface area contributed by atoms with Gasteiger partial charge >= 0.3 is 12.1 Å². The average Bonchev–Trinajstić information content (AvgIpc) is 3.46. The fourth-order valence-electron chi connectivity index (χ4n) is 4.78. The molecule has 0 aliphatic carbocycles. The lowest BCUT2D eigenvalue weighted by Gasteiger charge is -2.23. The summed E-state index contributed by atoms with van der Waals surface area (Å²) in [5.74, 6) is -1.10. The molecule has 8 heteroatoms. The van der Waals surface area contributed by atoms with Gasteiger partial charge in [-0.1, -0.05) is 109 Å². The topological polar surface area (TPSA) is 110 Å². The third-order valence-electron chi connectivity index (χ3n) is 7.03. The highest BCUT2D eigenvalue weighted by molar-refractivity contribution is 5.91. The van der Waals surface area contributed by atoms with E-state index >= 15 is 0 Å². The van der Waals surface area contributed by atoms with Crippen molar-refractivity contribution in [2.24, 2.45) is 0 Å². The van der Waals surface area contributed by atoms with Gasteiger partial charge in [0.25, 0.3) is 0 Å². The molecule has 0 fully saturated rings. The monoisotopic (exact) mass is 575 g/mol. The molecule has 0 aliphatic heterocycles. The first-order valence-electron chi connectivity index (χ1n) is 14.1. The zero-order valence-electron chi connectivity index (χ0n) is 23.6. The smallest absolute Gasteiger partial charge is 0.408 e. The lowest BCUT2D eigenvalue weighted by Crippen LogP contribution is -2.53. The number of ether oxygens (including phenoxy) is 2. The Morgan fingerprint density at radius 2 is 1.16 bits per heavy atom. The number of alkyl carbamates (subject to hydrolysis) is 1. The van der Waals surface area contributed by atoms with Gasteiger partial charge < -0.3 is 25.1 Å². The lowest BCUT2D eigenvalue weighted by molar-refractivity contribution is -0.149. The molecule has 0 radical (unpaired) electrons. The van der Waals surface area contributed by atoms with Crippen LogP contribution in [0.25, 0.3) is 10.9 Å². The zero-order valence-corrected chi connectivity index (χ0v) is 23.6. The third-order valence-corrected chi connectivity index (χ3v) is 7.03. The Hall–Kier alpha value is -5.37. The van der Waals surface area contributed by atoms with Gasteiger partial charge in [0.1, 0.15) is 25.3 Å². The lowest BCUT2D eigenvalue weighted by atomic mass is 10.0. The van der Waals surface area contributed by atoms with Gasteiger partial charge in [0.15, 0.2) is 0 Å². The van der Waals surface area contributed by atoms with Crippen LogP contribution in [0.5, 0.6) is 0 Å². The van der Waals surface area contributed by atoms with E-state index < -0.39 is 30.1 Å². The van der Waals surface area contributed by atoms with Gasteiger partial charge in [-0.3, -0.25) is 4.79 Å². The molecular weight excluding hydrogens is 542 g/mol. The van der Waals surface area contributed by atoms with Crippen molar-refractivity contribution in [2.45, 2.75) is 38.1 Å². The van der Waals surface area contributed by atoms with Crippen molar-refractivity contribution in [3.8, 4) is 0 Å². The molecule has 0 bridgehead atoms. The Balaban J connectivity index is 1.33. The number of fused-ring (bicyclic) bond motifs is 1. The molecule has 218 valence electrons. The van der Waals surface area contributed by atoms with E-state index in [9.17, 15) is 14.4 Å². The van der Waals surface area contributed by atoms with Crippen molar-refractivity contribution < 1.29 is 23.9 Å². The summed E-state index contributed by atoms with van der Waals surface area (Å²) in [6.45, 7) is 0.125. The van der Waals surface area contributed by atoms with E-state index in [0.29, 0.717) is 0 Å². The van der Waals surface area contributed by atoms with Gasteiger partial charge in [-0.25, -0.2) is 9.59 Å². The van der Waals surface area contributed by atoms with Crippen LogP contribution < -0.4 is 10.6 Å². The van der Waals surface area contributed by atoms with Crippen LogP contribution in [0.2, 0.25) is 0 Å². The van der Waals surface area contributed by atoms with E-state index in [4.69, 9.17) is 9.47 Å². The van der Waals surface area contributed by atoms with Crippen LogP contribution in [-0.2, 0) is 45.1 Å². The summed E-state index contributed by atoms with van der Waals surface area (Å²) in [6.07, 6.45) is 1.47. The Morgan fingerprint density at radius 3 is 1.81 bits per heavy atom. The number of aromatic amines is 1. The summed E-state index contributed by atoms with van der Waals surface area (Å²) >= 11 is 0.